The van der Waals surface area contributed by atoms with Crippen molar-refractivity contribution < 1.29 is 4.79 Å². The molecule has 1 amide bonds. The second-order valence-electron chi connectivity index (χ2n) is 12.3. The van der Waals surface area contributed by atoms with Crippen LogP contribution in [0.2, 0.25) is 0 Å². The number of carbonyl (C=O) groups is 1. The molecule has 4 heterocycles. The van der Waals surface area contributed by atoms with E-state index in [1.54, 1.807) is 0 Å². The van der Waals surface area contributed by atoms with Crippen LogP contribution in [0.5, 0.6) is 0 Å². The molecule has 0 bridgehead atoms. The predicted molar refractivity (Wildman–Crippen MR) is 178 cm³/mol. The van der Waals surface area contributed by atoms with E-state index in [0.29, 0.717) is 25.8 Å². The van der Waals surface area contributed by atoms with Crippen LogP contribution in [0.25, 0.3) is 21.8 Å². The molecule has 0 radical (unpaired) electrons. The van der Waals surface area contributed by atoms with Gasteiger partial charge in [0.2, 0.25) is 5.91 Å². The molecule has 9 nitrogen and oxygen atoms in total. The third-order valence-electron chi connectivity index (χ3n) is 9.22. The number of carbonyl (C=O) groups excluding carboxylic acids is 1. The molecule has 6 N–H and O–H groups in total. The third-order valence-corrected chi connectivity index (χ3v) is 9.22. The number of nitrogens with two attached hydrogens (primary N) is 1. The minimum atomic E-state index is -0.920. The molecule has 1 saturated heterocycles. The molecule has 7 rings (SSSR count). The van der Waals surface area contributed by atoms with Crippen LogP contribution in [0.15, 0.2) is 91.3 Å². The molecule has 230 valence electrons. The minimum Gasteiger partial charge on any atom is -0.361 e. The summed E-state index contributed by atoms with van der Waals surface area (Å²) in [4.78, 5) is 20.6. The summed E-state index contributed by atoms with van der Waals surface area (Å²) in [5.41, 5.74) is 11.6. The van der Waals surface area contributed by atoms with Crippen LogP contribution in [0.3, 0.4) is 0 Å². The molecular formula is C36H40N8O. The normalized spacial score (nSPS) is 15.4. The number of piperidine rings is 1. The Morgan fingerprint density at radius 1 is 0.844 bits per heavy atom. The highest BCUT2D eigenvalue weighted by Crippen LogP contribution is 2.27. The van der Waals surface area contributed by atoms with E-state index in [-0.39, 0.29) is 5.91 Å². The zero-order valence-corrected chi connectivity index (χ0v) is 25.4. The maximum Gasteiger partial charge on any atom is 0.240 e. The van der Waals surface area contributed by atoms with Gasteiger partial charge in [0, 0.05) is 47.0 Å². The molecule has 45 heavy (non-hydrogen) atoms. The predicted octanol–water partition coefficient (Wildman–Crippen LogP) is 4.95. The van der Waals surface area contributed by atoms with Crippen molar-refractivity contribution >= 4 is 27.7 Å². The van der Waals surface area contributed by atoms with Crippen LogP contribution in [-0.4, -0.2) is 49.3 Å². The quantitative estimate of drug-likeness (QED) is 0.144. The van der Waals surface area contributed by atoms with Crippen molar-refractivity contribution in [1.82, 2.24) is 35.4 Å². The highest BCUT2D eigenvalue weighted by Gasteiger charge is 2.37. The number of para-hydroxylation sites is 2. The first-order valence-corrected chi connectivity index (χ1v) is 15.9. The highest BCUT2D eigenvalue weighted by molar-refractivity contribution is 5.87. The Hall–Kier alpha value is -4.73. The zero-order chi connectivity index (χ0) is 30.6. The average Bonchev–Trinajstić information content (AvgIpc) is 3.79. The van der Waals surface area contributed by atoms with E-state index >= 15 is 0 Å². The van der Waals surface area contributed by atoms with Crippen molar-refractivity contribution in [3.05, 3.63) is 120 Å². The van der Waals surface area contributed by atoms with Gasteiger partial charge >= 0.3 is 0 Å². The molecule has 1 aliphatic rings. The summed E-state index contributed by atoms with van der Waals surface area (Å²) in [6.07, 6.45) is 8.51. The largest absolute Gasteiger partial charge is 0.361 e. The number of fused-ring (bicyclic) bond motifs is 2. The number of hydrogen-bond acceptors (Lipinski definition) is 5. The fraction of sp³-hybridized carbons (Fsp3) is 0.306. The first-order valence-electron chi connectivity index (χ1n) is 15.9. The summed E-state index contributed by atoms with van der Waals surface area (Å²) in [6.45, 7) is 2.06. The summed E-state index contributed by atoms with van der Waals surface area (Å²) in [5.74, 6) is 1.53. The first-order chi connectivity index (χ1) is 22.1. The van der Waals surface area contributed by atoms with Crippen LogP contribution in [-0.2, 0) is 30.6 Å². The molecule has 0 aliphatic carbocycles. The molecule has 6 aromatic rings. The summed E-state index contributed by atoms with van der Waals surface area (Å²) < 4.78 is 2.20. The number of aromatic amines is 2. The molecular weight excluding hydrogens is 560 g/mol. The van der Waals surface area contributed by atoms with Crippen molar-refractivity contribution in [2.75, 3.05) is 13.1 Å². The standard InChI is InChI=1S/C36H40N8O/c37-36(17-19-38-20-18-36)35(45)41-32(21-27-23-40-31-15-7-5-13-29(27)31)34-43-42-33(44(34)24-25-9-2-1-3-10-25)16-8-11-26-22-39-30-14-6-4-12-28(26)30/h1-7,9-10,12-15,22-23,32,38-40H,8,11,16-21,24,37H2,(H,41,45). The number of H-pyrrole nitrogens is 2. The van der Waals surface area contributed by atoms with Gasteiger partial charge in [0.25, 0.3) is 0 Å². The fourth-order valence-electron chi connectivity index (χ4n) is 6.63. The fourth-order valence-corrected chi connectivity index (χ4v) is 6.63. The van der Waals surface area contributed by atoms with E-state index in [9.17, 15) is 4.79 Å². The van der Waals surface area contributed by atoms with Crippen LogP contribution in [0, 0.1) is 0 Å². The van der Waals surface area contributed by atoms with Gasteiger partial charge in [-0.15, -0.1) is 10.2 Å². The lowest BCUT2D eigenvalue weighted by molar-refractivity contribution is -0.128. The summed E-state index contributed by atoms with van der Waals surface area (Å²) in [7, 11) is 0. The van der Waals surface area contributed by atoms with E-state index in [2.05, 4.69) is 92.0 Å². The summed E-state index contributed by atoms with van der Waals surface area (Å²) in [6, 6.07) is 26.6. The van der Waals surface area contributed by atoms with Crippen LogP contribution >= 0.6 is 0 Å². The average molecular weight is 601 g/mol. The van der Waals surface area contributed by atoms with Gasteiger partial charge in [0.1, 0.15) is 5.82 Å². The Bertz CT molecular complexity index is 1900. The Morgan fingerprint density at radius 2 is 1.49 bits per heavy atom. The molecule has 9 heteroatoms. The van der Waals surface area contributed by atoms with Gasteiger partial charge in [-0.1, -0.05) is 66.7 Å². The summed E-state index contributed by atoms with van der Waals surface area (Å²) >= 11 is 0. The lowest BCUT2D eigenvalue weighted by Crippen LogP contribution is -2.59. The van der Waals surface area contributed by atoms with Gasteiger partial charge in [0.15, 0.2) is 5.82 Å². The lowest BCUT2D eigenvalue weighted by Gasteiger charge is -2.34. The Morgan fingerprint density at radius 3 is 2.22 bits per heavy atom. The van der Waals surface area contributed by atoms with Gasteiger partial charge in [0.05, 0.1) is 18.1 Å². The Labute approximate surface area is 262 Å². The van der Waals surface area contributed by atoms with E-state index in [1.807, 2.05) is 24.4 Å². The topological polar surface area (TPSA) is 129 Å². The summed E-state index contributed by atoms with van der Waals surface area (Å²) in [5, 5.41) is 18.6. The lowest BCUT2D eigenvalue weighted by atomic mass is 9.88. The number of hydrogen-bond donors (Lipinski definition) is 5. The molecule has 0 spiro atoms. The van der Waals surface area contributed by atoms with Gasteiger partial charge in [-0.2, -0.15) is 0 Å². The van der Waals surface area contributed by atoms with E-state index in [4.69, 9.17) is 15.9 Å². The van der Waals surface area contributed by atoms with Crippen molar-refractivity contribution in [2.45, 2.75) is 56.7 Å². The number of amides is 1. The van der Waals surface area contributed by atoms with Crippen LogP contribution in [0.1, 0.15) is 53.6 Å². The number of rotatable bonds is 11. The minimum absolute atomic E-state index is 0.135. The van der Waals surface area contributed by atoms with Crippen LogP contribution in [0.4, 0.5) is 0 Å². The smallest absolute Gasteiger partial charge is 0.240 e. The van der Waals surface area contributed by atoms with Crippen molar-refractivity contribution in [3.63, 3.8) is 0 Å². The molecule has 3 aromatic heterocycles. The van der Waals surface area contributed by atoms with Gasteiger partial charge in [-0.05, 0) is 67.6 Å². The third kappa shape index (κ3) is 6.14. The number of nitrogens with one attached hydrogen (secondary N) is 4. The van der Waals surface area contributed by atoms with Crippen LogP contribution < -0.4 is 16.4 Å². The SMILES string of the molecule is NC1(C(=O)NC(Cc2c[nH]c3ccccc23)c2nnc(CCCc3c[nH]c4ccccc34)n2Cc2ccccc2)CCNCC1. The van der Waals surface area contributed by atoms with E-state index in [1.165, 1.54) is 10.9 Å². The molecule has 3 aromatic carbocycles. The van der Waals surface area contributed by atoms with Gasteiger partial charge in [-0.3, -0.25) is 4.79 Å². The van der Waals surface area contributed by atoms with Crippen molar-refractivity contribution in [3.8, 4) is 0 Å². The monoisotopic (exact) mass is 600 g/mol. The van der Waals surface area contributed by atoms with Gasteiger partial charge < -0.3 is 30.9 Å². The van der Waals surface area contributed by atoms with Gasteiger partial charge in [-0.25, -0.2) is 0 Å². The maximum absolute atomic E-state index is 13.9. The zero-order valence-electron chi connectivity index (χ0n) is 25.4. The number of aryl methyl sites for hydroxylation is 2. The Kier molecular flexibility index (Phi) is 8.19. The second-order valence-corrected chi connectivity index (χ2v) is 12.3. The van der Waals surface area contributed by atoms with E-state index in [0.717, 1.165) is 71.5 Å². The molecule has 1 fully saturated rings. The number of nitrogens with zero attached hydrogens (tertiary/aromatic N) is 3. The molecule has 1 atom stereocenters. The molecule has 1 unspecified atom stereocenters. The number of benzene rings is 3. The maximum atomic E-state index is 13.9. The Balaban J connectivity index is 1.21. The first kappa shape index (κ1) is 29.0. The number of aromatic nitrogens is 5. The van der Waals surface area contributed by atoms with Crippen molar-refractivity contribution in [2.24, 2.45) is 5.73 Å². The van der Waals surface area contributed by atoms with E-state index < -0.39 is 11.6 Å². The molecule has 1 aliphatic heterocycles. The second kappa shape index (κ2) is 12.7. The highest BCUT2D eigenvalue weighted by atomic mass is 16.2. The molecule has 0 saturated carbocycles. The van der Waals surface area contributed by atoms with Crippen molar-refractivity contribution in [1.29, 1.82) is 0 Å².